The zero-order valence-corrected chi connectivity index (χ0v) is 22.1. The summed E-state index contributed by atoms with van der Waals surface area (Å²) < 4.78 is 0. The van der Waals surface area contributed by atoms with Gasteiger partial charge in [-0.25, -0.2) is 0 Å². The molecule has 9 heteroatoms. The van der Waals surface area contributed by atoms with Crippen LogP contribution in [0.15, 0.2) is 42.5 Å². The summed E-state index contributed by atoms with van der Waals surface area (Å²) in [6, 6.07) is 11.7. The molecule has 2 aromatic rings. The first-order valence-electron chi connectivity index (χ1n) is 13.2. The van der Waals surface area contributed by atoms with Crippen LogP contribution in [0.4, 0.5) is 0 Å². The minimum atomic E-state index is -0.734. The summed E-state index contributed by atoms with van der Waals surface area (Å²) in [5.41, 5.74) is 1.04. The first-order valence-corrected chi connectivity index (χ1v) is 14.0. The number of hydrogen-bond donors (Lipinski definition) is 2. The van der Waals surface area contributed by atoms with Crippen molar-refractivity contribution in [3.63, 3.8) is 0 Å². The summed E-state index contributed by atoms with van der Waals surface area (Å²) in [5.74, 6) is -0.490. The van der Waals surface area contributed by atoms with Crippen molar-refractivity contribution in [1.29, 1.82) is 0 Å². The van der Waals surface area contributed by atoms with E-state index < -0.39 is 12.1 Å². The van der Waals surface area contributed by atoms with Gasteiger partial charge in [-0.1, -0.05) is 44.2 Å². The van der Waals surface area contributed by atoms with E-state index in [4.69, 9.17) is 0 Å². The van der Waals surface area contributed by atoms with E-state index in [0.717, 1.165) is 29.8 Å². The Morgan fingerprint density at radius 2 is 1.86 bits per heavy atom. The van der Waals surface area contributed by atoms with Gasteiger partial charge < -0.3 is 20.4 Å². The van der Waals surface area contributed by atoms with Crippen LogP contribution in [-0.4, -0.2) is 77.1 Å². The summed E-state index contributed by atoms with van der Waals surface area (Å²) in [5, 5.41) is 6.18. The molecule has 0 saturated carbocycles. The van der Waals surface area contributed by atoms with Gasteiger partial charge in [0.2, 0.25) is 11.8 Å². The lowest BCUT2D eigenvalue weighted by Crippen LogP contribution is -2.53. The Hall–Kier alpha value is -3.04. The predicted molar refractivity (Wildman–Crippen MR) is 142 cm³/mol. The quantitative estimate of drug-likeness (QED) is 0.583. The van der Waals surface area contributed by atoms with Crippen LogP contribution in [0.1, 0.15) is 49.2 Å². The van der Waals surface area contributed by atoms with Gasteiger partial charge in [-0.15, -0.1) is 11.3 Å². The zero-order chi connectivity index (χ0) is 26.1. The minimum absolute atomic E-state index is 0.0356. The number of carbonyl (C=O) groups excluding carboxylic acids is 4. The van der Waals surface area contributed by atoms with Crippen molar-refractivity contribution in [2.24, 2.45) is 5.92 Å². The zero-order valence-electron chi connectivity index (χ0n) is 21.3. The molecule has 0 radical (unpaired) electrons. The SMILES string of the molecule is CC(C)CC(NC(=O)c1ccc(-c2ccccc2)s1)C(=O)N1CCC2C1C(=O)CN2C(=O)C1CCCN1. The number of nitrogens with zero attached hydrogens (tertiary/aromatic N) is 2. The maximum atomic E-state index is 13.7. The predicted octanol–water partition coefficient (Wildman–Crippen LogP) is 2.69. The van der Waals surface area contributed by atoms with Gasteiger partial charge in [-0.05, 0) is 55.8 Å². The maximum absolute atomic E-state index is 13.7. The highest BCUT2D eigenvalue weighted by atomic mass is 32.1. The van der Waals surface area contributed by atoms with Gasteiger partial charge in [0.1, 0.15) is 12.1 Å². The highest BCUT2D eigenvalue weighted by Gasteiger charge is 2.53. The van der Waals surface area contributed by atoms with Crippen molar-refractivity contribution in [3.8, 4) is 10.4 Å². The summed E-state index contributed by atoms with van der Waals surface area (Å²) in [6.45, 7) is 5.28. The monoisotopic (exact) mass is 522 g/mol. The van der Waals surface area contributed by atoms with E-state index in [-0.39, 0.29) is 48.1 Å². The number of rotatable bonds is 7. The number of Topliss-reactive ketones (excluding diaryl/α,β-unsaturated/α-hetero) is 1. The number of likely N-dealkylation sites (tertiary alicyclic amines) is 2. The number of thiophene rings is 1. The molecule has 2 N–H and O–H groups in total. The van der Waals surface area contributed by atoms with E-state index in [0.29, 0.717) is 24.3 Å². The molecular weight excluding hydrogens is 488 g/mol. The van der Waals surface area contributed by atoms with Crippen LogP contribution in [0, 0.1) is 5.92 Å². The van der Waals surface area contributed by atoms with Gasteiger partial charge in [0.15, 0.2) is 5.78 Å². The third kappa shape index (κ3) is 5.20. The molecule has 8 nitrogen and oxygen atoms in total. The molecule has 3 fully saturated rings. The van der Waals surface area contributed by atoms with Gasteiger partial charge in [0.05, 0.1) is 23.5 Å². The van der Waals surface area contributed by atoms with Crippen LogP contribution in [0.5, 0.6) is 0 Å². The van der Waals surface area contributed by atoms with Crippen LogP contribution < -0.4 is 10.6 Å². The molecule has 3 aliphatic heterocycles. The normalized spacial score (nSPS) is 24.0. The molecule has 4 atom stereocenters. The standard InChI is InChI=1S/C28H34N4O4S/c1-17(2)15-20(30-26(34)24-11-10-23(37-24)18-7-4-3-5-8-18)28(36)31-14-12-21-25(31)22(33)16-32(21)27(35)19-9-6-13-29-19/h3-5,7-8,10-11,17,19-21,25,29H,6,9,12-16H2,1-2H3,(H,30,34). The highest BCUT2D eigenvalue weighted by Crippen LogP contribution is 2.32. The largest absolute Gasteiger partial charge is 0.340 e. The second-order valence-electron chi connectivity index (χ2n) is 10.6. The third-order valence-corrected chi connectivity index (χ3v) is 8.68. The Morgan fingerprint density at radius 1 is 1.08 bits per heavy atom. The third-order valence-electron chi connectivity index (χ3n) is 7.55. The Balaban J connectivity index is 1.29. The van der Waals surface area contributed by atoms with Crippen LogP contribution >= 0.6 is 11.3 Å². The summed E-state index contributed by atoms with van der Waals surface area (Å²) in [7, 11) is 0. The van der Waals surface area contributed by atoms with Crippen LogP contribution in [0.2, 0.25) is 0 Å². The fraction of sp³-hybridized carbons (Fsp3) is 0.500. The number of carbonyl (C=O) groups is 4. The van der Waals surface area contributed by atoms with Gasteiger partial charge in [0.25, 0.3) is 5.91 Å². The van der Waals surface area contributed by atoms with Crippen molar-refractivity contribution < 1.29 is 19.2 Å². The van der Waals surface area contributed by atoms with Crippen molar-refractivity contribution in [3.05, 3.63) is 47.3 Å². The van der Waals surface area contributed by atoms with Crippen LogP contribution in [0.3, 0.4) is 0 Å². The summed E-state index contributed by atoms with van der Waals surface area (Å²) in [4.78, 5) is 57.8. The molecule has 37 heavy (non-hydrogen) atoms. The van der Waals surface area contributed by atoms with E-state index in [2.05, 4.69) is 10.6 Å². The number of ketones is 1. The molecule has 3 aliphatic rings. The molecule has 3 saturated heterocycles. The average molecular weight is 523 g/mol. The fourth-order valence-corrected chi connectivity index (χ4v) is 6.71. The Morgan fingerprint density at radius 3 is 2.57 bits per heavy atom. The average Bonchev–Trinajstić information content (AvgIpc) is 3.69. The number of benzene rings is 1. The molecule has 1 aromatic heterocycles. The summed E-state index contributed by atoms with van der Waals surface area (Å²) >= 11 is 1.39. The topological polar surface area (TPSA) is 98.8 Å². The van der Waals surface area contributed by atoms with E-state index in [1.54, 1.807) is 15.9 Å². The minimum Gasteiger partial charge on any atom is -0.340 e. The molecular formula is C28H34N4O4S. The Labute approximate surface area is 221 Å². The van der Waals surface area contributed by atoms with Gasteiger partial charge >= 0.3 is 0 Å². The number of nitrogens with one attached hydrogen (secondary N) is 2. The molecule has 3 amide bonds. The van der Waals surface area contributed by atoms with E-state index >= 15 is 0 Å². The van der Waals surface area contributed by atoms with Gasteiger partial charge in [0, 0.05) is 11.4 Å². The smallest absolute Gasteiger partial charge is 0.262 e. The molecule has 0 spiro atoms. The molecule has 0 aliphatic carbocycles. The van der Waals surface area contributed by atoms with Gasteiger partial charge in [-0.2, -0.15) is 0 Å². The van der Waals surface area contributed by atoms with Crippen molar-refractivity contribution in [2.45, 2.75) is 63.7 Å². The first kappa shape index (κ1) is 25.6. The molecule has 196 valence electrons. The molecule has 4 unspecified atom stereocenters. The van der Waals surface area contributed by atoms with Gasteiger partial charge in [-0.3, -0.25) is 19.2 Å². The summed E-state index contributed by atoms with van der Waals surface area (Å²) in [6.07, 6.45) is 2.78. The Kier molecular flexibility index (Phi) is 7.44. The Bertz CT molecular complexity index is 1170. The maximum Gasteiger partial charge on any atom is 0.262 e. The number of hydrogen-bond acceptors (Lipinski definition) is 6. The number of amides is 3. The fourth-order valence-electron chi connectivity index (χ4n) is 5.79. The lowest BCUT2D eigenvalue weighted by molar-refractivity contribution is -0.138. The highest BCUT2D eigenvalue weighted by molar-refractivity contribution is 7.17. The number of fused-ring (bicyclic) bond motifs is 1. The second kappa shape index (κ2) is 10.8. The van der Waals surface area contributed by atoms with Crippen molar-refractivity contribution in [1.82, 2.24) is 20.4 Å². The van der Waals surface area contributed by atoms with Crippen LogP contribution in [0.25, 0.3) is 10.4 Å². The lowest BCUT2D eigenvalue weighted by atomic mass is 10.0. The molecule has 5 rings (SSSR count). The van der Waals surface area contributed by atoms with E-state index in [1.807, 2.05) is 50.2 Å². The lowest BCUT2D eigenvalue weighted by Gasteiger charge is -2.29. The van der Waals surface area contributed by atoms with E-state index in [1.165, 1.54) is 11.3 Å². The van der Waals surface area contributed by atoms with Crippen molar-refractivity contribution in [2.75, 3.05) is 19.6 Å². The van der Waals surface area contributed by atoms with Crippen molar-refractivity contribution >= 4 is 34.8 Å². The van der Waals surface area contributed by atoms with E-state index in [9.17, 15) is 19.2 Å². The first-order chi connectivity index (χ1) is 17.8. The molecule has 4 heterocycles. The second-order valence-corrected chi connectivity index (χ2v) is 11.7. The molecule has 0 bridgehead atoms. The van der Waals surface area contributed by atoms with Crippen LogP contribution in [-0.2, 0) is 14.4 Å². The molecule has 1 aromatic carbocycles.